The maximum absolute atomic E-state index is 5.75. The van der Waals surface area contributed by atoms with Crippen molar-refractivity contribution in [1.29, 1.82) is 0 Å². The van der Waals surface area contributed by atoms with E-state index in [1.54, 1.807) is 0 Å². The van der Waals surface area contributed by atoms with Crippen LogP contribution in [0.15, 0.2) is 9.41 Å². The average molecular weight is 547 g/mol. The SMILES string of the molecule is CCNC(=NCC1CCN(Cc2nc(C)c(C)o2)CC1)NC1CCN(C(C)C)CC1.I. The predicted octanol–water partition coefficient (Wildman–Crippen LogP) is 3.55. The number of hydrogen-bond donors (Lipinski definition) is 2. The van der Waals surface area contributed by atoms with Gasteiger partial charge in [0.25, 0.3) is 0 Å². The molecule has 3 rings (SSSR count). The summed E-state index contributed by atoms with van der Waals surface area (Å²) in [5.41, 5.74) is 1.01. The highest BCUT2D eigenvalue weighted by Crippen LogP contribution is 2.20. The molecule has 0 aromatic carbocycles. The van der Waals surface area contributed by atoms with E-state index in [1.165, 1.54) is 38.8 Å². The second-order valence-corrected chi connectivity index (χ2v) is 9.24. The Hall–Kier alpha value is -0.870. The lowest BCUT2D eigenvalue weighted by Crippen LogP contribution is -2.50. The molecule has 2 aliphatic heterocycles. The Morgan fingerprint density at radius 3 is 2.35 bits per heavy atom. The van der Waals surface area contributed by atoms with Crippen LogP contribution < -0.4 is 10.6 Å². The van der Waals surface area contributed by atoms with Gasteiger partial charge in [-0.15, -0.1) is 24.0 Å². The van der Waals surface area contributed by atoms with Crippen molar-refractivity contribution in [3.8, 4) is 0 Å². The molecule has 178 valence electrons. The third-order valence-electron chi connectivity index (χ3n) is 6.59. The third-order valence-corrected chi connectivity index (χ3v) is 6.59. The van der Waals surface area contributed by atoms with E-state index in [0.717, 1.165) is 56.0 Å². The van der Waals surface area contributed by atoms with Gasteiger partial charge in [-0.2, -0.15) is 0 Å². The molecule has 0 saturated carbocycles. The van der Waals surface area contributed by atoms with Crippen LogP contribution in [-0.4, -0.2) is 72.1 Å². The molecule has 7 nitrogen and oxygen atoms in total. The summed E-state index contributed by atoms with van der Waals surface area (Å²) in [7, 11) is 0. The van der Waals surface area contributed by atoms with Gasteiger partial charge in [0.2, 0.25) is 5.89 Å². The van der Waals surface area contributed by atoms with Crippen molar-refractivity contribution in [2.45, 2.75) is 78.9 Å². The minimum atomic E-state index is 0. The summed E-state index contributed by atoms with van der Waals surface area (Å²) in [5, 5.41) is 7.13. The molecule has 0 atom stereocenters. The van der Waals surface area contributed by atoms with Crippen LogP contribution in [0.4, 0.5) is 0 Å². The molecular formula is C23H43IN6O. The second-order valence-electron chi connectivity index (χ2n) is 9.24. The van der Waals surface area contributed by atoms with Gasteiger partial charge in [-0.1, -0.05) is 0 Å². The Bertz CT molecular complexity index is 656. The highest BCUT2D eigenvalue weighted by Gasteiger charge is 2.23. The summed E-state index contributed by atoms with van der Waals surface area (Å²) in [5.74, 6) is 3.44. The van der Waals surface area contributed by atoms with Gasteiger partial charge in [-0.25, -0.2) is 4.98 Å². The molecule has 0 unspecified atom stereocenters. The molecule has 1 aromatic rings. The van der Waals surface area contributed by atoms with Crippen LogP contribution in [-0.2, 0) is 6.54 Å². The van der Waals surface area contributed by atoms with Gasteiger partial charge in [-0.3, -0.25) is 9.89 Å². The van der Waals surface area contributed by atoms with Crippen LogP contribution in [0, 0.1) is 19.8 Å². The minimum Gasteiger partial charge on any atom is -0.444 e. The lowest BCUT2D eigenvalue weighted by Gasteiger charge is -2.35. The Morgan fingerprint density at radius 1 is 1.13 bits per heavy atom. The molecule has 8 heteroatoms. The number of aryl methyl sites for hydroxylation is 2. The van der Waals surface area contributed by atoms with Crippen molar-refractivity contribution in [2.24, 2.45) is 10.9 Å². The number of likely N-dealkylation sites (tertiary alicyclic amines) is 2. The predicted molar refractivity (Wildman–Crippen MR) is 138 cm³/mol. The highest BCUT2D eigenvalue weighted by atomic mass is 127. The first-order chi connectivity index (χ1) is 14.4. The Balaban J connectivity index is 0.00000341. The molecule has 2 fully saturated rings. The van der Waals surface area contributed by atoms with Gasteiger partial charge in [0.15, 0.2) is 5.96 Å². The molecule has 0 amide bonds. The molecule has 0 radical (unpaired) electrons. The Kier molecular flexibility index (Phi) is 11.1. The van der Waals surface area contributed by atoms with Gasteiger partial charge < -0.3 is 20.0 Å². The van der Waals surface area contributed by atoms with Crippen LogP contribution in [0.1, 0.15) is 63.8 Å². The summed E-state index contributed by atoms with van der Waals surface area (Å²) < 4.78 is 5.75. The quantitative estimate of drug-likeness (QED) is 0.310. The molecule has 0 aliphatic carbocycles. The normalized spacial score (nSPS) is 20.1. The number of nitrogens with zero attached hydrogens (tertiary/aromatic N) is 4. The largest absolute Gasteiger partial charge is 0.444 e. The zero-order chi connectivity index (χ0) is 21.5. The molecule has 0 bridgehead atoms. The maximum Gasteiger partial charge on any atom is 0.208 e. The lowest BCUT2D eigenvalue weighted by atomic mass is 9.97. The third kappa shape index (κ3) is 8.20. The van der Waals surface area contributed by atoms with Crippen LogP contribution in [0.2, 0.25) is 0 Å². The number of aromatic nitrogens is 1. The van der Waals surface area contributed by atoms with E-state index < -0.39 is 0 Å². The van der Waals surface area contributed by atoms with Gasteiger partial charge >= 0.3 is 0 Å². The summed E-state index contributed by atoms with van der Waals surface area (Å²) >= 11 is 0. The Morgan fingerprint density at radius 2 is 1.81 bits per heavy atom. The first-order valence-electron chi connectivity index (χ1n) is 11.9. The van der Waals surface area contributed by atoms with Crippen molar-refractivity contribution in [2.75, 3.05) is 39.3 Å². The molecular weight excluding hydrogens is 503 g/mol. The topological polar surface area (TPSA) is 68.9 Å². The number of piperidine rings is 2. The molecule has 2 N–H and O–H groups in total. The zero-order valence-corrected chi connectivity index (χ0v) is 22.4. The lowest BCUT2D eigenvalue weighted by molar-refractivity contribution is 0.165. The summed E-state index contributed by atoms with van der Waals surface area (Å²) in [6, 6.07) is 1.18. The zero-order valence-electron chi connectivity index (χ0n) is 20.1. The van der Waals surface area contributed by atoms with E-state index in [2.05, 4.69) is 46.2 Å². The maximum atomic E-state index is 5.75. The fraction of sp³-hybridized carbons (Fsp3) is 0.826. The minimum absolute atomic E-state index is 0. The van der Waals surface area contributed by atoms with Gasteiger partial charge in [-0.05, 0) is 79.3 Å². The van der Waals surface area contributed by atoms with E-state index in [9.17, 15) is 0 Å². The number of nitrogens with one attached hydrogen (secondary N) is 2. The monoisotopic (exact) mass is 546 g/mol. The van der Waals surface area contributed by atoms with E-state index >= 15 is 0 Å². The first-order valence-corrected chi connectivity index (χ1v) is 11.9. The van der Waals surface area contributed by atoms with Crippen LogP contribution in [0.5, 0.6) is 0 Å². The standard InChI is InChI=1S/C23H42N6O.HI/c1-6-24-23(27-21-9-13-29(14-10-21)17(2)3)25-15-20-7-11-28(12-8-20)16-22-26-18(4)19(5)30-22;/h17,20-21H,6-16H2,1-5H3,(H2,24,25,27);1H. The van der Waals surface area contributed by atoms with Crippen molar-refractivity contribution in [3.05, 3.63) is 17.3 Å². The smallest absolute Gasteiger partial charge is 0.208 e. The van der Waals surface area contributed by atoms with E-state index in [-0.39, 0.29) is 24.0 Å². The number of aliphatic imine (C=N–C) groups is 1. The van der Waals surface area contributed by atoms with Crippen LogP contribution >= 0.6 is 24.0 Å². The number of guanidine groups is 1. The number of rotatable bonds is 7. The van der Waals surface area contributed by atoms with E-state index in [0.29, 0.717) is 18.0 Å². The Labute approximate surface area is 205 Å². The van der Waals surface area contributed by atoms with Crippen LogP contribution in [0.25, 0.3) is 0 Å². The summed E-state index contributed by atoms with van der Waals surface area (Å²) in [6.07, 6.45) is 4.77. The highest BCUT2D eigenvalue weighted by molar-refractivity contribution is 14.0. The molecule has 2 aliphatic rings. The molecule has 31 heavy (non-hydrogen) atoms. The first kappa shape index (κ1) is 26.4. The van der Waals surface area contributed by atoms with Crippen molar-refractivity contribution in [1.82, 2.24) is 25.4 Å². The summed E-state index contributed by atoms with van der Waals surface area (Å²) in [6.45, 7) is 17.9. The van der Waals surface area contributed by atoms with Gasteiger partial charge in [0.1, 0.15) is 5.76 Å². The second kappa shape index (κ2) is 13.0. The number of oxazole rings is 1. The van der Waals surface area contributed by atoms with Crippen LogP contribution in [0.3, 0.4) is 0 Å². The summed E-state index contributed by atoms with van der Waals surface area (Å²) in [4.78, 5) is 14.5. The van der Waals surface area contributed by atoms with E-state index in [4.69, 9.17) is 9.41 Å². The van der Waals surface area contributed by atoms with E-state index in [1.807, 2.05) is 13.8 Å². The average Bonchev–Trinajstić information content (AvgIpc) is 3.04. The fourth-order valence-corrected chi connectivity index (χ4v) is 4.42. The molecule has 1 aromatic heterocycles. The van der Waals surface area contributed by atoms with Crippen molar-refractivity contribution < 1.29 is 4.42 Å². The van der Waals surface area contributed by atoms with Crippen molar-refractivity contribution >= 4 is 29.9 Å². The molecule has 2 saturated heterocycles. The van der Waals surface area contributed by atoms with Gasteiger partial charge in [0, 0.05) is 38.3 Å². The van der Waals surface area contributed by atoms with Gasteiger partial charge in [0.05, 0.1) is 12.2 Å². The van der Waals surface area contributed by atoms with Crippen molar-refractivity contribution in [3.63, 3.8) is 0 Å². The molecule has 3 heterocycles. The number of hydrogen-bond acceptors (Lipinski definition) is 5. The number of halogens is 1. The fourth-order valence-electron chi connectivity index (χ4n) is 4.42. The molecule has 0 spiro atoms.